The summed E-state index contributed by atoms with van der Waals surface area (Å²) >= 11 is 0. The predicted octanol–water partition coefficient (Wildman–Crippen LogP) is 2.80. The van der Waals surface area contributed by atoms with E-state index in [1.165, 1.54) is 24.3 Å². The first-order valence-corrected chi connectivity index (χ1v) is 8.34. The Morgan fingerprint density at radius 2 is 1.37 bits per heavy atom. The summed E-state index contributed by atoms with van der Waals surface area (Å²) in [5.41, 5.74) is 1.27. The minimum Gasteiger partial charge on any atom is -0.480 e. The number of piperazine rings is 1. The highest BCUT2D eigenvalue weighted by molar-refractivity contribution is 5.76. The largest absolute Gasteiger partial charge is 0.480 e. The van der Waals surface area contributed by atoms with E-state index in [4.69, 9.17) is 0 Å². The molecule has 1 aliphatic heterocycles. The Morgan fingerprint density at radius 3 is 1.78 bits per heavy atom. The van der Waals surface area contributed by atoms with E-state index < -0.39 is 35.8 Å². The molecular weight excluding hydrogens is 358 g/mol. The zero-order valence-corrected chi connectivity index (χ0v) is 14.3. The number of hydrogen-bond donors (Lipinski definition) is 2. The van der Waals surface area contributed by atoms with Gasteiger partial charge < -0.3 is 15.1 Å². The van der Waals surface area contributed by atoms with Crippen LogP contribution in [0.15, 0.2) is 48.5 Å². The summed E-state index contributed by atoms with van der Waals surface area (Å²) in [5, 5.41) is 18.8. The van der Waals surface area contributed by atoms with Gasteiger partial charge in [0.1, 0.15) is 17.7 Å². The van der Waals surface area contributed by atoms with Crippen LogP contribution in [0, 0.1) is 11.6 Å². The van der Waals surface area contributed by atoms with Gasteiger partial charge in [0.2, 0.25) is 0 Å². The molecule has 1 unspecified atom stereocenters. The molecule has 8 heteroatoms. The maximum atomic E-state index is 13.4. The van der Waals surface area contributed by atoms with E-state index >= 15 is 0 Å². The molecule has 6 nitrogen and oxygen atoms in total. The molecule has 1 aliphatic rings. The van der Waals surface area contributed by atoms with Crippen LogP contribution in [0.3, 0.4) is 0 Å². The number of benzene rings is 2. The summed E-state index contributed by atoms with van der Waals surface area (Å²) in [4.78, 5) is 25.8. The Balaban J connectivity index is 2.03. The van der Waals surface area contributed by atoms with E-state index in [9.17, 15) is 28.6 Å². The van der Waals surface area contributed by atoms with Gasteiger partial charge in [0.25, 0.3) is 0 Å². The Labute approximate surface area is 154 Å². The third-order valence-corrected chi connectivity index (χ3v) is 4.68. The molecule has 0 aliphatic carbocycles. The number of rotatable bonds is 4. The van der Waals surface area contributed by atoms with E-state index in [1.54, 1.807) is 29.2 Å². The van der Waals surface area contributed by atoms with E-state index in [0.717, 1.165) is 4.90 Å². The van der Waals surface area contributed by atoms with E-state index in [1.807, 2.05) is 0 Å². The molecule has 1 amide bonds. The summed E-state index contributed by atoms with van der Waals surface area (Å²) in [7, 11) is 0. The number of amides is 1. The van der Waals surface area contributed by atoms with Crippen LogP contribution in [0.1, 0.15) is 17.2 Å². The fourth-order valence-electron chi connectivity index (χ4n) is 3.37. The highest BCUT2D eigenvalue weighted by Gasteiger charge is 2.39. The minimum absolute atomic E-state index is 0.137. The van der Waals surface area contributed by atoms with Crippen LogP contribution >= 0.6 is 0 Å². The lowest BCUT2D eigenvalue weighted by atomic mass is 9.94. The number of nitrogens with zero attached hydrogens (tertiary/aromatic N) is 2. The van der Waals surface area contributed by atoms with Gasteiger partial charge in [-0.1, -0.05) is 24.3 Å². The number of carboxylic acids is 1. The molecular formula is C19H18F2N2O4. The molecule has 142 valence electrons. The summed E-state index contributed by atoms with van der Waals surface area (Å²) in [5.74, 6) is -2.01. The van der Waals surface area contributed by atoms with Crippen molar-refractivity contribution >= 4 is 12.1 Å². The Bertz CT molecular complexity index is 781. The zero-order chi connectivity index (χ0) is 19.6. The molecule has 0 saturated carbocycles. The van der Waals surface area contributed by atoms with Gasteiger partial charge in [0, 0.05) is 13.1 Å². The van der Waals surface area contributed by atoms with Crippen molar-refractivity contribution in [1.82, 2.24) is 9.80 Å². The molecule has 0 spiro atoms. The second kappa shape index (κ2) is 7.71. The molecule has 1 saturated heterocycles. The van der Waals surface area contributed by atoms with Gasteiger partial charge in [-0.25, -0.2) is 13.6 Å². The van der Waals surface area contributed by atoms with Crippen molar-refractivity contribution in [3.63, 3.8) is 0 Å². The average molecular weight is 376 g/mol. The molecule has 0 bridgehead atoms. The number of aliphatic carboxylic acids is 1. The molecule has 1 fully saturated rings. The van der Waals surface area contributed by atoms with Crippen molar-refractivity contribution in [2.45, 2.75) is 12.1 Å². The lowest BCUT2D eigenvalue weighted by molar-refractivity contribution is -0.146. The molecule has 3 rings (SSSR count). The fraction of sp³-hybridized carbons (Fsp3) is 0.263. The Morgan fingerprint density at radius 1 is 0.889 bits per heavy atom. The molecule has 2 aromatic carbocycles. The Kier molecular flexibility index (Phi) is 5.36. The van der Waals surface area contributed by atoms with Crippen molar-refractivity contribution in [3.05, 3.63) is 71.3 Å². The second-order valence-electron chi connectivity index (χ2n) is 6.33. The van der Waals surface area contributed by atoms with Crippen LogP contribution in [0.25, 0.3) is 0 Å². The van der Waals surface area contributed by atoms with Gasteiger partial charge in [-0.05, 0) is 35.4 Å². The maximum absolute atomic E-state index is 13.4. The normalized spacial score (nSPS) is 17.9. The van der Waals surface area contributed by atoms with Crippen molar-refractivity contribution in [3.8, 4) is 0 Å². The second-order valence-corrected chi connectivity index (χ2v) is 6.33. The lowest BCUT2D eigenvalue weighted by Gasteiger charge is -2.42. The topological polar surface area (TPSA) is 81.1 Å². The maximum Gasteiger partial charge on any atom is 0.407 e. The molecule has 2 aromatic rings. The van der Waals surface area contributed by atoms with Crippen LogP contribution in [0.2, 0.25) is 0 Å². The summed E-state index contributed by atoms with van der Waals surface area (Å²) in [6.07, 6.45) is -1.18. The predicted molar refractivity (Wildman–Crippen MR) is 92.4 cm³/mol. The Hall–Kier alpha value is -3.00. The molecule has 0 aromatic heterocycles. The molecule has 2 N–H and O–H groups in total. The molecule has 27 heavy (non-hydrogen) atoms. The lowest BCUT2D eigenvalue weighted by Crippen LogP contribution is -2.58. The molecule has 0 radical (unpaired) electrons. The molecule has 1 atom stereocenters. The standard InChI is InChI=1S/C19H18F2N2O4/c20-14-5-1-12(2-6-14)17(13-3-7-15(21)8-4-13)23-10-9-22(19(26)27)11-16(23)18(24)25/h1-8,16-17H,9-11H2,(H,24,25)(H,26,27). The third kappa shape index (κ3) is 4.06. The van der Waals surface area contributed by atoms with Gasteiger partial charge >= 0.3 is 12.1 Å². The van der Waals surface area contributed by atoms with Gasteiger partial charge in [0.05, 0.1) is 12.6 Å². The van der Waals surface area contributed by atoms with Gasteiger partial charge in [-0.2, -0.15) is 0 Å². The van der Waals surface area contributed by atoms with E-state index in [0.29, 0.717) is 11.1 Å². The highest BCUT2D eigenvalue weighted by Crippen LogP contribution is 2.32. The van der Waals surface area contributed by atoms with Crippen LogP contribution in [0.4, 0.5) is 13.6 Å². The van der Waals surface area contributed by atoms with Gasteiger partial charge in [-0.3, -0.25) is 9.69 Å². The van der Waals surface area contributed by atoms with Crippen molar-refractivity contribution in [2.24, 2.45) is 0 Å². The fourth-order valence-corrected chi connectivity index (χ4v) is 3.37. The molecule has 1 heterocycles. The number of carbonyl (C=O) groups is 2. The minimum atomic E-state index is -1.18. The monoisotopic (exact) mass is 376 g/mol. The zero-order valence-electron chi connectivity index (χ0n) is 14.3. The van der Waals surface area contributed by atoms with Crippen LogP contribution < -0.4 is 0 Å². The van der Waals surface area contributed by atoms with E-state index in [2.05, 4.69) is 0 Å². The van der Waals surface area contributed by atoms with E-state index in [-0.39, 0.29) is 19.6 Å². The smallest absolute Gasteiger partial charge is 0.407 e. The first kappa shape index (κ1) is 18.8. The average Bonchev–Trinajstić information content (AvgIpc) is 2.65. The summed E-state index contributed by atoms with van der Waals surface area (Å²) in [6, 6.07) is 9.61. The van der Waals surface area contributed by atoms with Gasteiger partial charge in [-0.15, -0.1) is 0 Å². The first-order valence-electron chi connectivity index (χ1n) is 8.34. The van der Waals surface area contributed by atoms with Crippen LogP contribution in [-0.4, -0.2) is 57.8 Å². The van der Waals surface area contributed by atoms with Crippen LogP contribution in [0.5, 0.6) is 0 Å². The SMILES string of the molecule is O=C(O)C1CN(C(=O)O)CCN1C(c1ccc(F)cc1)c1ccc(F)cc1. The number of halogens is 2. The number of hydrogen-bond acceptors (Lipinski definition) is 3. The van der Waals surface area contributed by atoms with Crippen molar-refractivity contribution in [2.75, 3.05) is 19.6 Å². The van der Waals surface area contributed by atoms with Crippen molar-refractivity contribution in [1.29, 1.82) is 0 Å². The first-order chi connectivity index (χ1) is 12.9. The summed E-state index contributed by atoms with van der Waals surface area (Å²) in [6.45, 7) is 0.115. The van der Waals surface area contributed by atoms with Crippen molar-refractivity contribution < 1.29 is 28.6 Å². The summed E-state index contributed by atoms with van der Waals surface area (Å²) < 4.78 is 26.7. The number of carboxylic acid groups (broad SMARTS) is 2. The highest BCUT2D eigenvalue weighted by atomic mass is 19.1. The quantitative estimate of drug-likeness (QED) is 0.858. The third-order valence-electron chi connectivity index (χ3n) is 4.68. The van der Waals surface area contributed by atoms with Crippen LogP contribution in [-0.2, 0) is 4.79 Å². The van der Waals surface area contributed by atoms with Gasteiger partial charge in [0.15, 0.2) is 0 Å².